The van der Waals surface area contributed by atoms with E-state index in [-0.39, 0.29) is 11.7 Å². The highest BCUT2D eigenvalue weighted by atomic mass is 35.5. The van der Waals surface area contributed by atoms with Crippen LogP contribution in [-0.2, 0) is 4.79 Å². The summed E-state index contributed by atoms with van der Waals surface area (Å²) in [6.07, 6.45) is 0. The molecule has 2 aromatic carbocycles. The Balaban J connectivity index is 2.09. The number of hydrogen-bond acceptors (Lipinski definition) is 5. The first-order valence-corrected chi connectivity index (χ1v) is 10.2. The minimum atomic E-state index is -0.698. The largest absolute Gasteiger partial charge is 0.325 e. The first-order valence-electron chi connectivity index (χ1n) is 8.86. The van der Waals surface area contributed by atoms with Crippen molar-refractivity contribution in [1.82, 2.24) is 0 Å². The minimum absolute atomic E-state index is 0.160. The molecule has 0 radical (unpaired) electrons. The Labute approximate surface area is 178 Å². The van der Waals surface area contributed by atoms with Gasteiger partial charge >= 0.3 is 0 Å². The highest BCUT2D eigenvalue weighted by Crippen LogP contribution is 2.44. The van der Waals surface area contributed by atoms with Crippen LogP contribution in [0, 0.1) is 28.6 Å². The topological polar surface area (TPSA) is 89.0 Å². The standard InChI is InChI=1S/C22H17ClN4OS/c1-14-19(21(28)27-15-7-3-2-4-8-15)20(16-9-5-6-10-18(16)23)17(13-25)22(26-14)29-12-11-24/h2-10,19-20H,12H2,1H3,(H,27,28)/t19?,20-/m1/s1. The Morgan fingerprint density at radius 3 is 2.52 bits per heavy atom. The Bertz CT molecular complexity index is 1070. The SMILES string of the molecule is CC1=NC(SCC#N)=C(C#N)[C@@H](c2ccccc2Cl)C1C(=O)Nc1ccccc1. The van der Waals surface area contributed by atoms with Crippen molar-refractivity contribution in [3.8, 4) is 12.1 Å². The number of amides is 1. The van der Waals surface area contributed by atoms with E-state index in [0.29, 0.717) is 32.6 Å². The lowest BCUT2D eigenvalue weighted by molar-refractivity contribution is -0.118. The fourth-order valence-corrected chi connectivity index (χ4v) is 4.30. The number of anilines is 1. The number of allylic oxidation sites excluding steroid dienone is 1. The Kier molecular flexibility index (Phi) is 6.72. The van der Waals surface area contributed by atoms with Crippen molar-refractivity contribution < 1.29 is 4.79 Å². The number of carbonyl (C=O) groups excluding carboxylic acids is 1. The van der Waals surface area contributed by atoms with Gasteiger partial charge in [0.1, 0.15) is 5.03 Å². The zero-order valence-electron chi connectivity index (χ0n) is 15.6. The fourth-order valence-electron chi connectivity index (χ4n) is 3.30. The maximum atomic E-state index is 13.2. The van der Waals surface area contributed by atoms with Gasteiger partial charge in [-0.3, -0.25) is 4.79 Å². The molecule has 0 saturated carbocycles. The van der Waals surface area contributed by atoms with Crippen LogP contribution in [-0.4, -0.2) is 17.4 Å². The van der Waals surface area contributed by atoms with Gasteiger partial charge in [0.2, 0.25) is 5.91 Å². The van der Waals surface area contributed by atoms with Crippen LogP contribution in [0.3, 0.4) is 0 Å². The summed E-state index contributed by atoms with van der Waals surface area (Å²) in [5.74, 6) is -1.39. The number of para-hydroxylation sites is 1. The van der Waals surface area contributed by atoms with Gasteiger partial charge in [0.15, 0.2) is 0 Å². The number of hydrogen-bond donors (Lipinski definition) is 1. The molecule has 0 aliphatic carbocycles. The van der Waals surface area contributed by atoms with Gasteiger partial charge in [0.25, 0.3) is 0 Å². The number of nitrogens with zero attached hydrogens (tertiary/aromatic N) is 3. The van der Waals surface area contributed by atoms with E-state index in [9.17, 15) is 10.1 Å². The second-order valence-corrected chi connectivity index (χ2v) is 7.73. The molecule has 1 heterocycles. The number of nitriles is 2. The molecule has 3 rings (SSSR count). The van der Waals surface area contributed by atoms with Crippen LogP contribution < -0.4 is 5.32 Å². The first-order chi connectivity index (χ1) is 14.1. The Morgan fingerprint density at radius 2 is 1.86 bits per heavy atom. The predicted octanol–water partition coefficient (Wildman–Crippen LogP) is 5.14. The number of nitrogens with one attached hydrogen (secondary N) is 1. The molecule has 0 fully saturated rings. The number of aliphatic imine (C=N–C) groups is 1. The summed E-state index contributed by atoms with van der Waals surface area (Å²) in [4.78, 5) is 17.7. The summed E-state index contributed by atoms with van der Waals surface area (Å²) in [7, 11) is 0. The molecule has 1 aliphatic rings. The molecular formula is C22H17ClN4OS. The van der Waals surface area contributed by atoms with Crippen LogP contribution >= 0.6 is 23.4 Å². The molecule has 2 aromatic rings. The van der Waals surface area contributed by atoms with E-state index in [1.54, 1.807) is 31.2 Å². The number of benzene rings is 2. The first kappa shape index (κ1) is 20.7. The molecule has 1 N–H and O–H groups in total. The quantitative estimate of drug-likeness (QED) is 0.724. The minimum Gasteiger partial charge on any atom is -0.325 e. The van der Waals surface area contributed by atoms with Gasteiger partial charge in [-0.15, -0.1) is 0 Å². The molecule has 0 saturated heterocycles. The molecule has 0 spiro atoms. The Morgan fingerprint density at radius 1 is 1.17 bits per heavy atom. The van der Waals surface area contributed by atoms with Gasteiger partial charge in [-0.25, -0.2) is 4.99 Å². The number of rotatable bonds is 5. The fraction of sp³-hybridized carbons (Fsp3) is 0.182. The normalized spacial score (nSPS) is 18.4. The second kappa shape index (κ2) is 9.43. The predicted molar refractivity (Wildman–Crippen MR) is 117 cm³/mol. The molecule has 0 aromatic heterocycles. The maximum absolute atomic E-state index is 13.2. The van der Waals surface area contributed by atoms with Crippen LogP contribution in [0.15, 0.2) is 70.2 Å². The monoisotopic (exact) mass is 420 g/mol. The molecule has 2 atom stereocenters. The lowest BCUT2D eigenvalue weighted by Gasteiger charge is -2.31. The van der Waals surface area contributed by atoms with Crippen molar-refractivity contribution in [3.63, 3.8) is 0 Å². The van der Waals surface area contributed by atoms with Crippen molar-refractivity contribution in [2.45, 2.75) is 12.8 Å². The lowest BCUT2D eigenvalue weighted by Crippen LogP contribution is -2.36. The second-order valence-electron chi connectivity index (χ2n) is 6.36. The highest BCUT2D eigenvalue weighted by Gasteiger charge is 2.40. The van der Waals surface area contributed by atoms with Crippen LogP contribution in [0.5, 0.6) is 0 Å². The average molecular weight is 421 g/mol. The van der Waals surface area contributed by atoms with Crippen LogP contribution in [0.1, 0.15) is 18.4 Å². The molecule has 1 amide bonds. The smallest absolute Gasteiger partial charge is 0.234 e. The van der Waals surface area contributed by atoms with Gasteiger partial charge in [0.05, 0.1) is 29.4 Å². The number of halogens is 1. The van der Waals surface area contributed by atoms with Crippen molar-refractivity contribution >= 4 is 40.7 Å². The molecule has 1 unspecified atom stereocenters. The molecule has 7 heteroatoms. The summed E-state index contributed by atoms with van der Waals surface area (Å²) in [5, 5.41) is 22.7. The van der Waals surface area contributed by atoms with Crippen molar-refractivity contribution in [2.24, 2.45) is 10.9 Å². The molecule has 1 aliphatic heterocycles. The molecule has 144 valence electrons. The molecule has 5 nitrogen and oxygen atoms in total. The van der Waals surface area contributed by atoms with E-state index in [1.165, 1.54) is 11.8 Å². The molecular weight excluding hydrogens is 404 g/mol. The van der Waals surface area contributed by atoms with Crippen LogP contribution in [0.4, 0.5) is 5.69 Å². The number of thioether (sulfide) groups is 1. The summed E-state index contributed by atoms with van der Waals surface area (Å²) < 4.78 is 0. The maximum Gasteiger partial charge on any atom is 0.234 e. The lowest BCUT2D eigenvalue weighted by atomic mass is 9.76. The van der Waals surface area contributed by atoms with Gasteiger partial charge in [-0.05, 0) is 30.7 Å². The van der Waals surface area contributed by atoms with Crippen molar-refractivity contribution in [1.29, 1.82) is 10.5 Å². The average Bonchev–Trinajstić information content (AvgIpc) is 2.72. The molecule has 0 bridgehead atoms. The Hall–Kier alpha value is -3.06. The summed E-state index contributed by atoms with van der Waals surface area (Å²) in [6.45, 7) is 1.76. The van der Waals surface area contributed by atoms with Crippen molar-refractivity contribution in [3.05, 3.63) is 75.8 Å². The van der Waals surface area contributed by atoms with E-state index in [0.717, 1.165) is 0 Å². The van der Waals surface area contributed by atoms with Gasteiger partial charge < -0.3 is 5.32 Å². The van der Waals surface area contributed by atoms with Gasteiger partial charge in [-0.1, -0.05) is 59.8 Å². The van der Waals surface area contributed by atoms with Gasteiger partial charge in [0, 0.05) is 22.3 Å². The van der Waals surface area contributed by atoms with E-state index >= 15 is 0 Å². The zero-order chi connectivity index (χ0) is 20.8. The van der Waals surface area contributed by atoms with Gasteiger partial charge in [-0.2, -0.15) is 10.5 Å². The van der Waals surface area contributed by atoms with E-state index in [1.807, 2.05) is 30.3 Å². The van der Waals surface area contributed by atoms with Crippen LogP contribution in [0.2, 0.25) is 5.02 Å². The highest BCUT2D eigenvalue weighted by molar-refractivity contribution is 8.03. The summed E-state index contributed by atoms with van der Waals surface area (Å²) in [5.41, 5.74) is 2.26. The number of carbonyl (C=O) groups is 1. The van der Waals surface area contributed by atoms with Crippen LogP contribution in [0.25, 0.3) is 0 Å². The van der Waals surface area contributed by atoms with E-state index in [2.05, 4.69) is 22.4 Å². The third-order valence-electron chi connectivity index (χ3n) is 4.56. The van der Waals surface area contributed by atoms with Crippen molar-refractivity contribution in [2.75, 3.05) is 11.1 Å². The zero-order valence-corrected chi connectivity index (χ0v) is 17.2. The summed E-state index contributed by atoms with van der Waals surface area (Å²) >= 11 is 7.64. The summed E-state index contributed by atoms with van der Waals surface area (Å²) in [6, 6.07) is 20.6. The third-order valence-corrected chi connectivity index (χ3v) is 5.76. The molecule has 29 heavy (non-hydrogen) atoms. The third kappa shape index (κ3) is 4.51. The van der Waals surface area contributed by atoms with E-state index < -0.39 is 11.8 Å². The van der Waals surface area contributed by atoms with E-state index in [4.69, 9.17) is 16.9 Å².